The van der Waals surface area contributed by atoms with Crippen LogP contribution in [0.3, 0.4) is 0 Å². The summed E-state index contributed by atoms with van der Waals surface area (Å²) in [6, 6.07) is 7.50. The van der Waals surface area contributed by atoms with E-state index >= 15 is 0 Å². The average molecular weight is 215 g/mol. The number of halogens is 1. The van der Waals surface area contributed by atoms with E-state index in [1.54, 1.807) is 6.92 Å². The Morgan fingerprint density at radius 2 is 2.14 bits per heavy atom. The Morgan fingerprint density at radius 1 is 1.43 bits per heavy atom. The molecule has 0 amide bonds. The fourth-order valence-electron chi connectivity index (χ4n) is 1.19. The van der Waals surface area contributed by atoms with Crippen LogP contribution < -0.4 is 4.74 Å². The van der Waals surface area contributed by atoms with Crippen molar-refractivity contribution >= 4 is 11.6 Å². The molecular weight excluding hydrogens is 200 g/mol. The summed E-state index contributed by atoms with van der Waals surface area (Å²) in [5, 5.41) is 9.46. The van der Waals surface area contributed by atoms with Crippen LogP contribution in [0.5, 0.6) is 5.75 Å². The number of benzene rings is 1. The van der Waals surface area contributed by atoms with Crippen molar-refractivity contribution in [2.45, 2.75) is 19.4 Å². The smallest absolute Gasteiger partial charge is 0.125 e. The Kier molecular flexibility index (Phi) is 4.77. The molecule has 1 aromatic carbocycles. The van der Waals surface area contributed by atoms with Gasteiger partial charge in [0, 0.05) is 11.4 Å². The number of aliphatic hydroxyl groups is 1. The molecule has 0 aromatic heterocycles. The molecule has 1 unspecified atom stereocenters. The summed E-state index contributed by atoms with van der Waals surface area (Å²) in [6.45, 7) is 2.32. The molecule has 1 rings (SSSR count). The van der Waals surface area contributed by atoms with Gasteiger partial charge in [-0.05, 0) is 19.4 Å². The maximum atomic E-state index is 9.46. The van der Waals surface area contributed by atoms with Crippen LogP contribution in [0.2, 0.25) is 0 Å². The predicted octanol–water partition coefficient (Wildman–Crippen LogP) is 2.75. The largest absolute Gasteiger partial charge is 0.493 e. The third-order valence-electron chi connectivity index (χ3n) is 1.90. The van der Waals surface area contributed by atoms with Gasteiger partial charge in [-0.25, -0.2) is 0 Å². The van der Waals surface area contributed by atoms with Gasteiger partial charge in [0.2, 0.25) is 0 Å². The van der Waals surface area contributed by atoms with Crippen molar-refractivity contribution < 1.29 is 9.84 Å². The molecule has 0 aliphatic heterocycles. The van der Waals surface area contributed by atoms with Crippen LogP contribution in [0.4, 0.5) is 0 Å². The van der Waals surface area contributed by atoms with Crippen LogP contribution in [0.15, 0.2) is 24.3 Å². The van der Waals surface area contributed by atoms with E-state index in [-0.39, 0.29) is 0 Å². The van der Waals surface area contributed by atoms with Gasteiger partial charge < -0.3 is 9.84 Å². The molecule has 0 aliphatic carbocycles. The van der Waals surface area contributed by atoms with E-state index in [9.17, 15) is 5.11 Å². The SMILES string of the molecule is CC(O)c1ccccc1OCCCCl. The first kappa shape index (κ1) is 11.3. The van der Waals surface area contributed by atoms with Gasteiger partial charge in [-0.1, -0.05) is 18.2 Å². The van der Waals surface area contributed by atoms with Gasteiger partial charge in [0.1, 0.15) is 5.75 Å². The summed E-state index contributed by atoms with van der Waals surface area (Å²) in [7, 11) is 0. The van der Waals surface area contributed by atoms with Gasteiger partial charge in [-0.3, -0.25) is 0 Å². The van der Waals surface area contributed by atoms with E-state index in [4.69, 9.17) is 16.3 Å². The highest BCUT2D eigenvalue weighted by atomic mass is 35.5. The lowest BCUT2D eigenvalue weighted by Gasteiger charge is -2.12. The monoisotopic (exact) mass is 214 g/mol. The summed E-state index contributed by atoms with van der Waals surface area (Å²) in [4.78, 5) is 0. The van der Waals surface area contributed by atoms with Crippen LogP contribution in [0.1, 0.15) is 25.0 Å². The van der Waals surface area contributed by atoms with Gasteiger partial charge in [0.05, 0.1) is 12.7 Å². The summed E-state index contributed by atoms with van der Waals surface area (Å²) in [6.07, 6.45) is 0.317. The normalized spacial score (nSPS) is 12.5. The molecule has 1 atom stereocenters. The van der Waals surface area contributed by atoms with Gasteiger partial charge >= 0.3 is 0 Å². The van der Waals surface area contributed by atoms with Crippen molar-refractivity contribution in [3.05, 3.63) is 29.8 Å². The zero-order valence-corrected chi connectivity index (χ0v) is 9.00. The number of rotatable bonds is 5. The Balaban J connectivity index is 2.64. The molecule has 78 valence electrons. The van der Waals surface area contributed by atoms with E-state index < -0.39 is 6.10 Å². The molecule has 0 saturated heterocycles. The van der Waals surface area contributed by atoms with Crippen LogP contribution in [-0.4, -0.2) is 17.6 Å². The molecule has 0 heterocycles. The zero-order valence-electron chi connectivity index (χ0n) is 8.24. The quantitative estimate of drug-likeness (QED) is 0.603. The second kappa shape index (κ2) is 5.89. The van der Waals surface area contributed by atoms with Crippen molar-refractivity contribution in [3.8, 4) is 5.75 Å². The Hall–Kier alpha value is -0.730. The maximum absolute atomic E-state index is 9.46. The molecule has 2 nitrogen and oxygen atoms in total. The van der Waals surface area contributed by atoms with Gasteiger partial charge in [-0.15, -0.1) is 11.6 Å². The van der Waals surface area contributed by atoms with E-state index in [2.05, 4.69) is 0 Å². The number of hydrogen-bond acceptors (Lipinski definition) is 2. The maximum Gasteiger partial charge on any atom is 0.125 e. The molecule has 3 heteroatoms. The molecule has 0 radical (unpaired) electrons. The standard InChI is InChI=1S/C11H15ClO2/c1-9(13)10-5-2-3-6-11(10)14-8-4-7-12/h2-3,5-6,9,13H,4,7-8H2,1H3. The Labute approximate surface area is 89.5 Å². The highest BCUT2D eigenvalue weighted by Crippen LogP contribution is 2.24. The number of para-hydroxylation sites is 1. The van der Waals surface area contributed by atoms with E-state index in [0.717, 1.165) is 17.7 Å². The van der Waals surface area contributed by atoms with Crippen LogP contribution in [0, 0.1) is 0 Å². The summed E-state index contributed by atoms with van der Waals surface area (Å²) in [5.74, 6) is 1.34. The minimum atomic E-state index is -0.498. The zero-order chi connectivity index (χ0) is 10.4. The van der Waals surface area contributed by atoms with Gasteiger partial charge in [-0.2, -0.15) is 0 Å². The van der Waals surface area contributed by atoms with Crippen LogP contribution in [-0.2, 0) is 0 Å². The molecular formula is C11H15ClO2. The van der Waals surface area contributed by atoms with Crippen LogP contribution in [0.25, 0.3) is 0 Å². The summed E-state index contributed by atoms with van der Waals surface area (Å²) >= 11 is 5.54. The predicted molar refractivity (Wildman–Crippen MR) is 57.9 cm³/mol. The second-order valence-corrected chi connectivity index (χ2v) is 3.48. The molecule has 0 spiro atoms. The summed E-state index contributed by atoms with van der Waals surface area (Å²) in [5.41, 5.74) is 0.821. The first-order valence-electron chi connectivity index (χ1n) is 4.71. The van der Waals surface area contributed by atoms with Crippen molar-refractivity contribution in [1.82, 2.24) is 0 Å². The average Bonchev–Trinajstić information content (AvgIpc) is 2.19. The fourth-order valence-corrected chi connectivity index (χ4v) is 1.30. The lowest BCUT2D eigenvalue weighted by atomic mass is 10.1. The lowest BCUT2D eigenvalue weighted by molar-refractivity contribution is 0.191. The van der Waals surface area contributed by atoms with Crippen molar-refractivity contribution in [1.29, 1.82) is 0 Å². The molecule has 1 N–H and O–H groups in total. The summed E-state index contributed by atoms with van der Waals surface area (Å²) < 4.78 is 5.49. The lowest BCUT2D eigenvalue weighted by Crippen LogP contribution is -2.02. The van der Waals surface area contributed by atoms with Crippen molar-refractivity contribution in [3.63, 3.8) is 0 Å². The number of hydrogen-bond donors (Lipinski definition) is 1. The van der Waals surface area contributed by atoms with E-state index in [1.807, 2.05) is 24.3 Å². The second-order valence-electron chi connectivity index (χ2n) is 3.10. The van der Waals surface area contributed by atoms with Crippen LogP contribution >= 0.6 is 11.6 Å². The van der Waals surface area contributed by atoms with Crippen molar-refractivity contribution in [2.75, 3.05) is 12.5 Å². The minimum Gasteiger partial charge on any atom is -0.493 e. The van der Waals surface area contributed by atoms with Crippen molar-refractivity contribution in [2.24, 2.45) is 0 Å². The topological polar surface area (TPSA) is 29.5 Å². The first-order chi connectivity index (χ1) is 6.75. The number of alkyl halides is 1. The van der Waals surface area contributed by atoms with Gasteiger partial charge in [0.15, 0.2) is 0 Å². The molecule has 0 bridgehead atoms. The molecule has 1 aromatic rings. The molecule has 0 saturated carbocycles. The number of ether oxygens (including phenoxy) is 1. The van der Waals surface area contributed by atoms with Gasteiger partial charge in [0.25, 0.3) is 0 Å². The minimum absolute atomic E-state index is 0.498. The highest BCUT2D eigenvalue weighted by molar-refractivity contribution is 6.17. The fraction of sp³-hybridized carbons (Fsp3) is 0.455. The highest BCUT2D eigenvalue weighted by Gasteiger charge is 2.07. The molecule has 0 aliphatic rings. The first-order valence-corrected chi connectivity index (χ1v) is 5.25. The third-order valence-corrected chi connectivity index (χ3v) is 2.17. The number of aliphatic hydroxyl groups excluding tert-OH is 1. The third kappa shape index (κ3) is 3.20. The Morgan fingerprint density at radius 3 is 2.79 bits per heavy atom. The Bertz CT molecular complexity index is 274. The molecule has 14 heavy (non-hydrogen) atoms. The van der Waals surface area contributed by atoms with E-state index in [1.165, 1.54) is 0 Å². The molecule has 0 fully saturated rings. The van der Waals surface area contributed by atoms with E-state index in [0.29, 0.717) is 12.5 Å².